The molecule has 0 aromatic carbocycles. The average molecular weight is 245 g/mol. The molecule has 0 saturated heterocycles. The highest BCUT2D eigenvalue weighted by atomic mass is 16.6. The Morgan fingerprint density at radius 3 is 2.41 bits per heavy atom. The number of carbonyl (C=O) groups is 2. The van der Waals surface area contributed by atoms with E-state index < -0.39 is 12.1 Å². The zero-order valence-electron chi connectivity index (χ0n) is 10.9. The van der Waals surface area contributed by atoms with Gasteiger partial charge in [-0.25, -0.2) is 4.79 Å². The number of hydrogen-bond acceptors (Lipinski definition) is 4. The molecule has 0 bridgehead atoms. The molecular weight excluding hydrogens is 222 g/mol. The summed E-state index contributed by atoms with van der Waals surface area (Å²) in [5.74, 6) is -0.0464. The smallest absolute Gasteiger partial charge is 0.434 e. The maximum Gasteiger partial charge on any atom is 0.434 e. The van der Waals surface area contributed by atoms with E-state index in [2.05, 4.69) is 6.92 Å². The Balaban J connectivity index is 4.32. The first-order chi connectivity index (χ1) is 8.02. The normalized spacial score (nSPS) is 12.0. The molecule has 0 aromatic rings. The molecule has 0 aliphatic carbocycles. The van der Waals surface area contributed by atoms with Crippen LogP contribution in [0.5, 0.6) is 0 Å². The lowest BCUT2D eigenvalue weighted by Gasteiger charge is -2.24. The van der Waals surface area contributed by atoms with Crippen LogP contribution in [0.25, 0.3) is 0 Å². The molecule has 5 nitrogen and oxygen atoms in total. The van der Waals surface area contributed by atoms with Crippen molar-refractivity contribution in [1.82, 2.24) is 5.06 Å². The number of amides is 1. The molecule has 0 aromatic heterocycles. The minimum atomic E-state index is -0.782. The van der Waals surface area contributed by atoms with Crippen molar-refractivity contribution in [3.05, 3.63) is 0 Å². The molecule has 1 atom stereocenters. The quantitative estimate of drug-likeness (QED) is 0.405. The number of unbranched alkanes of at least 4 members (excludes halogenated alkanes) is 2. The van der Waals surface area contributed by atoms with Gasteiger partial charge in [-0.05, 0) is 20.3 Å². The Morgan fingerprint density at radius 2 is 1.94 bits per heavy atom. The number of hydrogen-bond donors (Lipinski definition) is 1. The maximum atomic E-state index is 11.3. The summed E-state index contributed by atoms with van der Waals surface area (Å²) in [5.41, 5.74) is 0. The van der Waals surface area contributed by atoms with Crippen molar-refractivity contribution >= 4 is 11.9 Å². The molecule has 1 N–H and O–H groups in total. The third kappa shape index (κ3) is 6.94. The molecule has 0 rings (SSSR count). The lowest BCUT2D eigenvalue weighted by Crippen LogP contribution is -2.39. The van der Waals surface area contributed by atoms with Crippen LogP contribution in [0.4, 0.5) is 4.79 Å². The van der Waals surface area contributed by atoms with Crippen LogP contribution in [0.15, 0.2) is 0 Å². The van der Waals surface area contributed by atoms with Crippen molar-refractivity contribution in [2.75, 3.05) is 6.61 Å². The van der Waals surface area contributed by atoms with Crippen LogP contribution in [-0.4, -0.2) is 34.8 Å². The number of rotatable bonds is 8. The van der Waals surface area contributed by atoms with E-state index in [1.165, 1.54) is 6.92 Å². The van der Waals surface area contributed by atoms with E-state index in [0.29, 0.717) is 11.5 Å². The van der Waals surface area contributed by atoms with Crippen LogP contribution in [-0.2, 0) is 9.53 Å². The van der Waals surface area contributed by atoms with E-state index in [9.17, 15) is 14.8 Å². The molecule has 1 amide bonds. The van der Waals surface area contributed by atoms with Gasteiger partial charge in [-0.2, -0.15) is 5.06 Å². The van der Waals surface area contributed by atoms with Gasteiger partial charge in [-0.1, -0.05) is 26.2 Å². The zero-order valence-corrected chi connectivity index (χ0v) is 10.9. The number of nitrogens with zero attached hydrogens (tertiary/aromatic N) is 1. The van der Waals surface area contributed by atoms with E-state index in [-0.39, 0.29) is 18.8 Å². The van der Waals surface area contributed by atoms with Gasteiger partial charge in [0.15, 0.2) is 0 Å². The van der Waals surface area contributed by atoms with Gasteiger partial charge in [-0.15, -0.1) is 0 Å². The summed E-state index contributed by atoms with van der Waals surface area (Å²) in [5, 5.41) is 10.2. The van der Waals surface area contributed by atoms with E-state index in [4.69, 9.17) is 4.74 Å². The third-order valence-corrected chi connectivity index (χ3v) is 2.46. The fourth-order valence-corrected chi connectivity index (χ4v) is 1.61. The molecular formula is C12H23NO4. The van der Waals surface area contributed by atoms with Crippen LogP contribution < -0.4 is 0 Å². The molecule has 0 aliphatic heterocycles. The van der Waals surface area contributed by atoms with Gasteiger partial charge >= 0.3 is 6.09 Å². The van der Waals surface area contributed by atoms with Crippen LogP contribution >= 0.6 is 0 Å². The highest BCUT2D eigenvalue weighted by molar-refractivity contribution is 5.77. The third-order valence-electron chi connectivity index (χ3n) is 2.46. The first-order valence-corrected chi connectivity index (χ1v) is 6.17. The highest BCUT2D eigenvalue weighted by Gasteiger charge is 2.24. The summed E-state index contributed by atoms with van der Waals surface area (Å²) in [7, 11) is 0. The van der Waals surface area contributed by atoms with Crippen LogP contribution in [0.1, 0.15) is 52.9 Å². The van der Waals surface area contributed by atoms with Crippen molar-refractivity contribution < 1.29 is 19.5 Å². The van der Waals surface area contributed by atoms with Gasteiger partial charge in [0.25, 0.3) is 0 Å². The SMILES string of the molecule is CCCCCC(CC(C)=O)N(O)C(=O)OCC. The second kappa shape index (κ2) is 8.98. The molecule has 17 heavy (non-hydrogen) atoms. The molecule has 0 fully saturated rings. The summed E-state index contributed by atoms with van der Waals surface area (Å²) in [6.07, 6.45) is 2.95. The van der Waals surface area contributed by atoms with Gasteiger partial charge in [0.1, 0.15) is 5.78 Å². The number of ether oxygens (including phenoxy) is 1. The van der Waals surface area contributed by atoms with E-state index in [1.54, 1.807) is 6.92 Å². The molecule has 5 heteroatoms. The average Bonchev–Trinajstić information content (AvgIpc) is 2.27. The van der Waals surface area contributed by atoms with Crippen LogP contribution in [0, 0.1) is 0 Å². The minimum Gasteiger partial charge on any atom is -0.448 e. The number of hydroxylamine groups is 2. The van der Waals surface area contributed by atoms with E-state index in [0.717, 1.165) is 19.3 Å². The molecule has 0 spiro atoms. The van der Waals surface area contributed by atoms with Crippen molar-refractivity contribution in [2.24, 2.45) is 0 Å². The Bertz CT molecular complexity index is 243. The zero-order chi connectivity index (χ0) is 13.3. The first kappa shape index (κ1) is 15.9. The van der Waals surface area contributed by atoms with Gasteiger partial charge in [0, 0.05) is 6.42 Å². The van der Waals surface area contributed by atoms with Gasteiger partial charge < -0.3 is 4.74 Å². The summed E-state index contributed by atoms with van der Waals surface area (Å²) in [6, 6.07) is -0.474. The second-order valence-electron chi connectivity index (χ2n) is 4.10. The van der Waals surface area contributed by atoms with Crippen molar-refractivity contribution in [3.8, 4) is 0 Å². The standard InChI is InChI=1S/C12H23NO4/c1-4-6-7-8-11(9-10(3)14)13(16)12(15)17-5-2/h11,16H,4-9H2,1-3H3. The Labute approximate surface area is 103 Å². The van der Waals surface area contributed by atoms with Gasteiger partial charge in [0.05, 0.1) is 12.6 Å². The molecule has 100 valence electrons. The Hall–Kier alpha value is -1.10. The Morgan fingerprint density at radius 1 is 1.29 bits per heavy atom. The largest absolute Gasteiger partial charge is 0.448 e. The molecule has 1 unspecified atom stereocenters. The lowest BCUT2D eigenvalue weighted by atomic mass is 10.0. The highest BCUT2D eigenvalue weighted by Crippen LogP contribution is 2.13. The fraction of sp³-hybridized carbons (Fsp3) is 0.833. The number of ketones is 1. The molecule has 0 heterocycles. The van der Waals surface area contributed by atoms with Gasteiger partial charge in [-0.3, -0.25) is 10.0 Å². The lowest BCUT2D eigenvalue weighted by molar-refractivity contribution is -0.128. The van der Waals surface area contributed by atoms with Crippen molar-refractivity contribution in [2.45, 2.75) is 58.9 Å². The predicted molar refractivity (Wildman–Crippen MR) is 63.9 cm³/mol. The van der Waals surface area contributed by atoms with Crippen molar-refractivity contribution in [3.63, 3.8) is 0 Å². The van der Waals surface area contributed by atoms with Crippen LogP contribution in [0.2, 0.25) is 0 Å². The number of Topliss-reactive ketones (excluding diaryl/α,β-unsaturated/α-hetero) is 1. The maximum absolute atomic E-state index is 11.3. The fourth-order valence-electron chi connectivity index (χ4n) is 1.61. The number of carbonyl (C=O) groups excluding carboxylic acids is 2. The summed E-state index contributed by atoms with van der Waals surface area (Å²) >= 11 is 0. The summed E-state index contributed by atoms with van der Waals surface area (Å²) in [6.45, 7) is 5.40. The van der Waals surface area contributed by atoms with E-state index in [1.807, 2.05) is 0 Å². The summed E-state index contributed by atoms with van der Waals surface area (Å²) in [4.78, 5) is 22.4. The topological polar surface area (TPSA) is 66.8 Å². The summed E-state index contributed by atoms with van der Waals surface area (Å²) < 4.78 is 4.70. The molecule has 0 radical (unpaired) electrons. The second-order valence-corrected chi connectivity index (χ2v) is 4.10. The first-order valence-electron chi connectivity index (χ1n) is 6.17. The van der Waals surface area contributed by atoms with Gasteiger partial charge in [0.2, 0.25) is 0 Å². The van der Waals surface area contributed by atoms with Crippen LogP contribution in [0.3, 0.4) is 0 Å². The van der Waals surface area contributed by atoms with Crippen molar-refractivity contribution in [1.29, 1.82) is 0 Å². The molecule has 0 saturated carbocycles. The Kier molecular flexibility index (Phi) is 8.40. The monoisotopic (exact) mass is 245 g/mol. The molecule has 0 aliphatic rings. The minimum absolute atomic E-state index is 0.0464. The predicted octanol–water partition coefficient (Wildman–Crippen LogP) is 2.76. The van der Waals surface area contributed by atoms with E-state index >= 15 is 0 Å².